The number of hydrogen-bond acceptors (Lipinski definition) is 2. The Labute approximate surface area is 461 Å². The van der Waals surface area contributed by atoms with Gasteiger partial charge in [-0.25, -0.2) is 4.98 Å². The minimum absolute atomic E-state index is 0. The predicted octanol–water partition coefficient (Wildman–Crippen LogP) is 16.9. The molecular weight excluding hydrogens is 1080 g/mol. The molecule has 0 saturated heterocycles. The standard InChI is InChI=1S/C68H66N4O.Pt/c1-64(2,3)46-32-37-69-62(40-46)72-58-23-13-12-20-52(58)53-29-28-49(42-61(53)72)73-48-19-16-18-47(41-48)70-43-71(60-25-15-14-24-59(60)70)63-50(44-26-30-54-56(38-44)67(8,9)35-33-65(54,4)5)21-17-22-51(63)45-27-31-55-57(39-45)68(10,11)36-34-66(55,6)7;/h12-32,37-40H,33-36H2,1-11H3;/q-2;/i26D,27D,30D,31D,38D,39D;. The van der Waals surface area contributed by atoms with Crippen LogP contribution in [0.15, 0.2) is 152 Å². The molecule has 10 aromatic rings. The molecule has 0 atom stereocenters. The van der Waals surface area contributed by atoms with Crippen LogP contribution in [0.3, 0.4) is 0 Å². The molecule has 0 radical (unpaired) electrons. The zero-order chi connectivity index (χ0) is 56.0. The van der Waals surface area contributed by atoms with Crippen LogP contribution in [0.25, 0.3) is 72.3 Å². The van der Waals surface area contributed by atoms with Gasteiger partial charge in [0, 0.05) is 44.3 Å². The van der Waals surface area contributed by atoms with E-state index in [2.05, 4.69) is 130 Å². The van der Waals surface area contributed by atoms with Crippen molar-refractivity contribution in [3.63, 3.8) is 0 Å². The average Bonchev–Trinajstić information content (AvgIpc) is 3.80. The Morgan fingerprint density at radius 1 is 0.595 bits per heavy atom. The second-order valence-corrected chi connectivity index (χ2v) is 24.1. The van der Waals surface area contributed by atoms with Crippen molar-refractivity contribution in [2.45, 2.75) is 129 Å². The normalized spacial score (nSPS) is 17.6. The van der Waals surface area contributed by atoms with Crippen LogP contribution >= 0.6 is 0 Å². The molecular formula is C68H66N4OPt-2. The Hall–Kier alpha value is -6.55. The van der Waals surface area contributed by atoms with Gasteiger partial charge in [0.2, 0.25) is 0 Å². The summed E-state index contributed by atoms with van der Waals surface area (Å²) in [4.78, 5) is 4.86. The molecule has 2 aliphatic rings. The molecule has 0 saturated carbocycles. The molecule has 0 bridgehead atoms. The summed E-state index contributed by atoms with van der Waals surface area (Å²) in [6.07, 6.45) is 8.85. The fourth-order valence-corrected chi connectivity index (χ4v) is 11.4. The van der Waals surface area contributed by atoms with Crippen LogP contribution in [0, 0.1) is 18.5 Å². The van der Waals surface area contributed by atoms with Crippen LogP contribution in [-0.2, 0) is 48.1 Å². The number of nitrogens with zero attached hydrogens (tertiary/aromatic N) is 4. The average molecular weight is 1160 g/mol. The molecule has 0 amide bonds. The van der Waals surface area contributed by atoms with Gasteiger partial charge < -0.3 is 13.9 Å². The number of rotatable bonds is 7. The van der Waals surface area contributed by atoms with Crippen LogP contribution < -0.4 is 9.30 Å². The number of para-hydroxylation sites is 4. The zero-order valence-corrected chi connectivity index (χ0v) is 46.6. The Balaban J connectivity index is 0.00000675. The maximum atomic E-state index is 10.2. The number of imidazole rings is 1. The second-order valence-electron chi connectivity index (χ2n) is 24.1. The number of pyridine rings is 1. The van der Waals surface area contributed by atoms with Crippen LogP contribution in [0.4, 0.5) is 0 Å². The Morgan fingerprint density at radius 2 is 1.16 bits per heavy atom. The van der Waals surface area contributed by atoms with Crippen molar-refractivity contribution in [3.05, 3.63) is 198 Å². The Bertz CT molecular complexity index is 4080. The van der Waals surface area contributed by atoms with E-state index in [-0.39, 0.29) is 62.7 Å². The van der Waals surface area contributed by atoms with E-state index in [1.54, 1.807) is 0 Å². The number of fused-ring (bicyclic) bond motifs is 6. The first-order valence-corrected chi connectivity index (χ1v) is 25.8. The first-order valence-electron chi connectivity index (χ1n) is 28.8. The van der Waals surface area contributed by atoms with Gasteiger partial charge in [-0.05, 0) is 132 Å². The molecule has 0 unspecified atom stereocenters. The summed E-state index contributed by atoms with van der Waals surface area (Å²) in [6, 6.07) is 43.5. The summed E-state index contributed by atoms with van der Waals surface area (Å²) in [5.41, 5.74) is 8.44. The molecule has 2 aliphatic carbocycles. The second kappa shape index (κ2) is 17.8. The maximum absolute atomic E-state index is 10.2. The molecule has 3 heterocycles. The minimum atomic E-state index is -0.451. The van der Waals surface area contributed by atoms with Crippen LogP contribution in [0.1, 0.15) is 138 Å². The largest absolute Gasteiger partial charge is 0.510 e. The number of aromatic nitrogens is 4. The predicted molar refractivity (Wildman–Crippen MR) is 300 cm³/mol. The third kappa shape index (κ3) is 8.35. The summed E-state index contributed by atoms with van der Waals surface area (Å²) in [5, 5.41) is 2.11. The van der Waals surface area contributed by atoms with E-state index in [0.717, 1.165) is 86.6 Å². The summed E-state index contributed by atoms with van der Waals surface area (Å²) < 4.78 is 72.5. The third-order valence-electron chi connectivity index (χ3n) is 16.1. The molecule has 12 rings (SSSR count). The molecule has 6 heteroatoms. The molecule has 7 aromatic carbocycles. The van der Waals surface area contributed by atoms with Crippen LogP contribution in [0.5, 0.6) is 11.5 Å². The Morgan fingerprint density at radius 3 is 1.80 bits per heavy atom. The van der Waals surface area contributed by atoms with Gasteiger partial charge in [-0.3, -0.25) is 4.57 Å². The van der Waals surface area contributed by atoms with Crippen molar-refractivity contribution in [3.8, 4) is 50.9 Å². The molecule has 0 N–H and O–H groups in total. The molecule has 0 spiro atoms. The van der Waals surface area contributed by atoms with E-state index < -0.39 is 21.7 Å². The van der Waals surface area contributed by atoms with E-state index in [9.17, 15) is 8.22 Å². The van der Waals surface area contributed by atoms with Crippen molar-refractivity contribution in [2.75, 3.05) is 0 Å². The summed E-state index contributed by atoms with van der Waals surface area (Å²) in [5.74, 6) is 1.74. The van der Waals surface area contributed by atoms with Crippen molar-refractivity contribution in [1.29, 1.82) is 0 Å². The zero-order valence-electron chi connectivity index (χ0n) is 50.3. The number of benzene rings is 7. The maximum Gasteiger partial charge on any atom is 0.268 e. The van der Waals surface area contributed by atoms with E-state index in [0.29, 0.717) is 45.1 Å². The van der Waals surface area contributed by atoms with Gasteiger partial charge in [-0.1, -0.05) is 179 Å². The van der Waals surface area contributed by atoms with Gasteiger partial charge in [-0.2, -0.15) is 18.2 Å². The number of hydrogen-bond donors (Lipinski definition) is 0. The summed E-state index contributed by atoms with van der Waals surface area (Å²) in [7, 11) is 0. The number of ether oxygens (including phenoxy) is 1. The van der Waals surface area contributed by atoms with E-state index in [4.69, 9.17) is 9.72 Å². The van der Waals surface area contributed by atoms with Crippen molar-refractivity contribution < 1.29 is 38.6 Å². The topological polar surface area (TPSA) is 35.9 Å². The molecule has 0 aliphatic heterocycles. The molecule has 0 fully saturated rings. The van der Waals surface area contributed by atoms with Crippen molar-refractivity contribution in [2.24, 2.45) is 0 Å². The van der Waals surface area contributed by atoms with Gasteiger partial charge in [0.15, 0.2) is 0 Å². The van der Waals surface area contributed by atoms with E-state index in [1.807, 2.05) is 94.2 Å². The summed E-state index contributed by atoms with van der Waals surface area (Å²) >= 11 is 0. The van der Waals surface area contributed by atoms with Gasteiger partial charge in [-0.15, -0.1) is 29.7 Å². The SMILES string of the molecule is [2H]c1c([2H])c2c(c([2H])c1-c1cccc(-c3c([2H])c([2H])c4c(c3[2H])C(C)(C)CCC4(C)C)c1-[n+]1[c-]n(-c3[c-]c(Oc4[c-]c5c(cc4)c4ccccc4n5-c4cc(C(C)(C)C)ccn4)ccc3)c3ccccc31)C(C)(C)CCC2(C)C.[Pt]. The quantitative estimate of drug-likeness (QED) is 0.118. The Kier molecular flexibility index (Phi) is 10.3. The van der Waals surface area contributed by atoms with Crippen molar-refractivity contribution >= 4 is 32.8 Å². The monoisotopic (exact) mass is 1160 g/mol. The molecule has 74 heavy (non-hydrogen) atoms. The van der Waals surface area contributed by atoms with Crippen LogP contribution in [-0.4, -0.2) is 14.1 Å². The fourth-order valence-electron chi connectivity index (χ4n) is 11.4. The van der Waals surface area contributed by atoms with Gasteiger partial charge in [0.25, 0.3) is 6.33 Å². The van der Waals surface area contributed by atoms with Gasteiger partial charge in [0.1, 0.15) is 5.82 Å². The van der Waals surface area contributed by atoms with Gasteiger partial charge >= 0.3 is 0 Å². The summed E-state index contributed by atoms with van der Waals surface area (Å²) in [6.45, 7) is 23.6. The fraction of sp³-hybridized carbons (Fsp3) is 0.294. The van der Waals surface area contributed by atoms with E-state index in [1.165, 1.54) is 5.56 Å². The van der Waals surface area contributed by atoms with Crippen LogP contribution in [0.2, 0.25) is 0 Å². The first-order chi connectivity index (χ1) is 37.3. The molecule has 376 valence electrons. The van der Waals surface area contributed by atoms with Gasteiger partial charge in [0.05, 0.1) is 24.9 Å². The minimum Gasteiger partial charge on any atom is -0.510 e. The van der Waals surface area contributed by atoms with E-state index >= 15 is 0 Å². The molecule has 5 nitrogen and oxygen atoms in total. The third-order valence-corrected chi connectivity index (χ3v) is 16.1. The van der Waals surface area contributed by atoms with Crippen molar-refractivity contribution in [1.82, 2.24) is 14.1 Å². The smallest absolute Gasteiger partial charge is 0.268 e. The first kappa shape index (κ1) is 42.8. The molecule has 3 aromatic heterocycles.